The summed E-state index contributed by atoms with van der Waals surface area (Å²) in [5.74, 6) is 0.514. The average Bonchev–Trinajstić information content (AvgIpc) is 2.95. The molecule has 122 valence electrons. The van der Waals surface area contributed by atoms with E-state index in [0.29, 0.717) is 10.8 Å². The molecule has 1 aromatic carbocycles. The number of hydrogen-bond donors (Lipinski definition) is 0. The maximum Gasteiger partial charge on any atom is 0.246 e. The minimum Gasteiger partial charge on any atom is -0.336 e. The molecule has 0 radical (unpaired) electrons. The molecular formula is C16H20ClN5O. The van der Waals surface area contributed by atoms with Gasteiger partial charge >= 0.3 is 0 Å². The van der Waals surface area contributed by atoms with Gasteiger partial charge in [0.2, 0.25) is 11.7 Å². The van der Waals surface area contributed by atoms with Crippen molar-refractivity contribution in [3.8, 4) is 11.4 Å². The van der Waals surface area contributed by atoms with Crippen molar-refractivity contribution in [2.45, 2.75) is 51.7 Å². The van der Waals surface area contributed by atoms with Gasteiger partial charge < -0.3 is 4.90 Å². The van der Waals surface area contributed by atoms with Crippen LogP contribution in [0.2, 0.25) is 5.02 Å². The standard InChI is InChI=1S/C16H20ClN5O/c1-11-5-3-6-12(2)22(11)15(23)10-21-19-16(18-20-21)13-7-4-8-14(17)9-13/h4,7-9,11-12H,3,5-6,10H2,1-2H3/t11-,12-/m1/s1. The molecule has 3 rings (SSSR count). The van der Waals surface area contributed by atoms with Crippen LogP contribution in [0.15, 0.2) is 24.3 Å². The number of halogens is 1. The molecule has 1 aliphatic heterocycles. The lowest BCUT2D eigenvalue weighted by Gasteiger charge is -2.38. The van der Waals surface area contributed by atoms with E-state index in [9.17, 15) is 4.79 Å². The molecule has 0 N–H and O–H groups in total. The number of tetrazole rings is 1. The van der Waals surface area contributed by atoms with Crippen LogP contribution in [0.25, 0.3) is 11.4 Å². The van der Waals surface area contributed by atoms with Gasteiger partial charge in [0.1, 0.15) is 6.54 Å². The molecule has 0 saturated carbocycles. The normalized spacial score (nSPS) is 21.4. The third-order valence-corrected chi connectivity index (χ3v) is 4.53. The van der Waals surface area contributed by atoms with Crippen LogP contribution in [0.1, 0.15) is 33.1 Å². The molecule has 1 amide bonds. The van der Waals surface area contributed by atoms with Crippen LogP contribution >= 0.6 is 11.6 Å². The largest absolute Gasteiger partial charge is 0.336 e. The van der Waals surface area contributed by atoms with E-state index in [1.165, 1.54) is 11.2 Å². The van der Waals surface area contributed by atoms with Gasteiger partial charge in [-0.1, -0.05) is 23.7 Å². The fourth-order valence-corrected chi connectivity index (χ4v) is 3.36. The molecule has 2 aromatic rings. The summed E-state index contributed by atoms with van der Waals surface area (Å²) in [6, 6.07) is 7.80. The molecular weight excluding hydrogens is 314 g/mol. The highest BCUT2D eigenvalue weighted by Crippen LogP contribution is 2.23. The lowest BCUT2D eigenvalue weighted by Crippen LogP contribution is -2.48. The summed E-state index contributed by atoms with van der Waals surface area (Å²) in [6.07, 6.45) is 3.27. The number of carbonyl (C=O) groups is 1. The average molecular weight is 334 g/mol. The third kappa shape index (κ3) is 3.52. The zero-order valence-electron chi connectivity index (χ0n) is 13.3. The molecule has 2 heterocycles. The van der Waals surface area contributed by atoms with Gasteiger partial charge in [0.15, 0.2) is 0 Å². The molecule has 23 heavy (non-hydrogen) atoms. The van der Waals surface area contributed by atoms with E-state index < -0.39 is 0 Å². The van der Waals surface area contributed by atoms with Crippen molar-refractivity contribution in [3.05, 3.63) is 29.3 Å². The van der Waals surface area contributed by atoms with Crippen molar-refractivity contribution >= 4 is 17.5 Å². The molecule has 1 aromatic heterocycles. The number of amides is 1. The number of rotatable bonds is 3. The topological polar surface area (TPSA) is 63.9 Å². The molecule has 2 atom stereocenters. The van der Waals surface area contributed by atoms with Gasteiger partial charge in [0, 0.05) is 22.7 Å². The second-order valence-electron chi connectivity index (χ2n) is 6.08. The fraction of sp³-hybridized carbons (Fsp3) is 0.500. The summed E-state index contributed by atoms with van der Waals surface area (Å²) in [6.45, 7) is 4.31. The molecule has 0 bridgehead atoms. The van der Waals surface area contributed by atoms with Crippen molar-refractivity contribution in [1.29, 1.82) is 0 Å². The SMILES string of the molecule is C[C@@H]1CCC[C@@H](C)N1C(=O)Cn1nnc(-c2cccc(Cl)c2)n1. The number of likely N-dealkylation sites (tertiary alicyclic amines) is 1. The van der Waals surface area contributed by atoms with E-state index >= 15 is 0 Å². The molecule has 6 nitrogen and oxygen atoms in total. The highest BCUT2D eigenvalue weighted by atomic mass is 35.5. The minimum absolute atomic E-state index is 0.0414. The Hall–Kier alpha value is -1.95. The highest BCUT2D eigenvalue weighted by molar-refractivity contribution is 6.30. The van der Waals surface area contributed by atoms with Gasteiger partial charge in [-0.25, -0.2) is 0 Å². The van der Waals surface area contributed by atoms with Crippen LogP contribution in [-0.2, 0) is 11.3 Å². The first kappa shape index (κ1) is 15.9. The molecule has 7 heteroatoms. The number of benzene rings is 1. The quantitative estimate of drug-likeness (QED) is 0.866. The first-order valence-corrected chi connectivity index (χ1v) is 8.27. The smallest absolute Gasteiger partial charge is 0.246 e. The molecule has 1 aliphatic rings. The molecule has 1 saturated heterocycles. The van der Waals surface area contributed by atoms with E-state index in [1.807, 2.05) is 17.0 Å². The highest BCUT2D eigenvalue weighted by Gasteiger charge is 2.29. The van der Waals surface area contributed by atoms with E-state index in [4.69, 9.17) is 11.6 Å². The van der Waals surface area contributed by atoms with E-state index in [2.05, 4.69) is 29.3 Å². The van der Waals surface area contributed by atoms with Gasteiger partial charge in [-0.15, -0.1) is 10.2 Å². The predicted octanol–water partition coefficient (Wildman–Crippen LogP) is 2.78. The number of carbonyl (C=O) groups excluding carboxylic acids is 1. The lowest BCUT2D eigenvalue weighted by atomic mass is 9.97. The molecule has 1 fully saturated rings. The third-order valence-electron chi connectivity index (χ3n) is 4.29. The van der Waals surface area contributed by atoms with Crippen LogP contribution in [-0.4, -0.2) is 43.1 Å². The Morgan fingerprint density at radius 3 is 2.74 bits per heavy atom. The zero-order valence-corrected chi connectivity index (χ0v) is 14.1. The minimum atomic E-state index is 0.0414. The Morgan fingerprint density at radius 2 is 2.04 bits per heavy atom. The van der Waals surface area contributed by atoms with E-state index in [-0.39, 0.29) is 24.5 Å². The van der Waals surface area contributed by atoms with Crippen LogP contribution in [0.3, 0.4) is 0 Å². The van der Waals surface area contributed by atoms with Crippen molar-refractivity contribution in [2.24, 2.45) is 0 Å². The Bertz CT molecular complexity index is 691. The number of aromatic nitrogens is 4. The first-order valence-electron chi connectivity index (χ1n) is 7.89. The van der Waals surface area contributed by atoms with Gasteiger partial charge in [-0.3, -0.25) is 4.79 Å². The fourth-order valence-electron chi connectivity index (χ4n) is 3.17. The van der Waals surface area contributed by atoms with Gasteiger partial charge in [0.05, 0.1) is 0 Å². The second kappa shape index (κ2) is 6.66. The second-order valence-corrected chi connectivity index (χ2v) is 6.52. The number of piperidine rings is 1. The van der Waals surface area contributed by atoms with Crippen LogP contribution in [0.5, 0.6) is 0 Å². The summed E-state index contributed by atoms with van der Waals surface area (Å²) in [5.41, 5.74) is 0.788. The van der Waals surface area contributed by atoms with Crippen LogP contribution in [0.4, 0.5) is 0 Å². The summed E-state index contributed by atoms with van der Waals surface area (Å²) in [7, 11) is 0. The Balaban J connectivity index is 1.72. The van der Waals surface area contributed by atoms with Crippen LogP contribution < -0.4 is 0 Å². The van der Waals surface area contributed by atoms with Gasteiger partial charge in [0.25, 0.3) is 0 Å². The Morgan fingerprint density at radius 1 is 1.30 bits per heavy atom. The van der Waals surface area contributed by atoms with Crippen molar-refractivity contribution in [3.63, 3.8) is 0 Å². The predicted molar refractivity (Wildman–Crippen MR) is 87.9 cm³/mol. The summed E-state index contributed by atoms with van der Waals surface area (Å²) >= 11 is 5.98. The van der Waals surface area contributed by atoms with E-state index in [0.717, 1.165) is 18.4 Å². The molecule has 0 unspecified atom stereocenters. The maximum atomic E-state index is 12.6. The molecule has 0 spiro atoms. The zero-order chi connectivity index (χ0) is 16.4. The van der Waals surface area contributed by atoms with Crippen LogP contribution in [0, 0.1) is 0 Å². The van der Waals surface area contributed by atoms with E-state index in [1.54, 1.807) is 12.1 Å². The van der Waals surface area contributed by atoms with Gasteiger partial charge in [-0.2, -0.15) is 4.80 Å². The van der Waals surface area contributed by atoms with Crippen molar-refractivity contribution < 1.29 is 4.79 Å². The number of nitrogens with zero attached hydrogens (tertiary/aromatic N) is 5. The summed E-state index contributed by atoms with van der Waals surface area (Å²) < 4.78 is 0. The monoisotopic (exact) mass is 333 g/mol. The molecule has 0 aliphatic carbocycles. The Kier molecular flexibility index (Phi) is 4.61. The summed E-state index contributed by atoms with van der Waals surface area (Å²) in [4.78, 5) is 15.9. The first-order chi connectivity index (χ1) is 11.0. The van der Waals surface area contributed by atoms with Gasteiger partial charge in [-0.05, 0) is 50.5 Å². The number of hydrogen-bond acceptors (Lipinski definition) is 4. The van der Waals surface area contributed by atoms with Crippen molar-refractivity contribution in [2.75, 3.05) is 0 Å². The van der Waals surface area contributed by atoms with Crippen molar-refractivity contribution in [1.82, 2.24) is 25.1 Å². The lowest BCUT2D eigenvalue weighted by molar-refractivity contribution is -0.138. The Labute approximate surface area is 140 Å². The summed E-state index contributed by atoms with van der Waals surface area (Å²) in [5, 5.41) is 12.9. The maximum absolute atomic E-state index is 12.6.